The Morgan fingerprint density at radius 1 is 0.952 bits per heavy atom. The molecule has 5 nitrogen and oxygen atoms in total. The molecule has 0 radical (unpaired) electrons. The van der Waals surface area contributed by atoms with Crippen LogP contribution >= 0.6 is 0 Å². The van der Waals surface area contributed by atoms with Crippen molar-refractivity contribution in [3.05, 3.63) is 23.3 Å². The molecule has 1 aliphatic carbocycles. The molecule has 2 aliphatic rings. The smallest absolute Gasteiger partial charge is 0.250 e. The van der Waals surface area contributed by atoms with E-state index < -0.39 is 23.0 Å². The molecule has 21 heavy (non-hydrogen) atoms. The van der Waals surface area contributed by atoms with Crippen LogP contribution in [-0.4, -0.2) is 11.2 Å². The number of nitriles is 4. The summed E-state index contributed by atoms with van der Waals surface area (Å²) in [5.41, 5.74) is -1.96. The van der Waals surface area contributed by atoms with E-state index in [1.165, 1.54) is 0 Å². The Kier molecular flexibility index (Phi) is 3.35. The Morgan fingerprint density at radius 2 is 1.43 bits per heavy atom. The number of allylic oxidation sites excluding steroid dienone is 2. The fourth-order valence-electron chi connectivity index (χ4n) is 3.27. The minimum atomic E-state index is -1.80. The Morgan fingerprint density at radius 3 is 1.86 bits per heavy atom. The molecular weight excluding hydrogens is 264 g/mol. The maximum atomic E-state index is 9.50. The minimum absolute atomic E-state index is 0.0831. The largest absolute Gasteiger partial charge is 0.311 e. The van der Waals surface area contributed by atoms with Gasteiger partial charge in [0.05, 0.1) is 0 Å². The second-order valence-electron chi connectivity index (χ2n) is 5.71. The van der Waals surface area contributed by atoms with Gasteiger partial charge in [-0.1, -0.05) is 37.1 Å². The predicted octanol–water partition coefficient (Wildman–Crippen LogP) is 2.36. The first kappa shape index (κ1) is 14.8. The van der Waals surface area contributed by atoms with Crippen molar-refractivity contribution in [1.82, 2.24) is 0 Å². The third kappa shape index (κ3) is 1.76. The van der Waals surface area contributed by atoms with Gasteiger partial charge in [0.2, 0.25) is 0 Å². The van der Waals surface area contributed by atoms with Gasteiger partial charge in [0.25, 0.3) is 11.2 Å². The average Bonchev–Trinajstić information content (AvgIpc) is 2.80. The summed E-state index contributed by atoms with van der Waals surface area (Å²) in [6, 6.07) is 7.57. The van der Waals surface area contributed by atoms with Crippen LogP contribution in [0.1, 0.15) is 20.8 Å². The van der Waals surface area contributed by atoms with E-state index in [1.54, 1.807) is 6.92 Å². The molecule has 0 bridgehead atoms. The van der Waals surface area contributed by atoms with Crippen LogP contribution in [0.15, 0.2) is 23.3 Å². The fourth-order valence-corrected chi connectivity index (χ4v) is 3.27. The van der Waals surface area contributed by atoms with Gasteiger partial charge in [0.15, 0.2) is 0 Å². The van der Waals surface area contributed by atoms with Crippen LogP contribution in [-0.2, 0) is 4.74 Å². The van der Waals surface area contributed by atoms with E-state index in [9.17, 15) is 21.0 Å². The number of rotatable bonds is 1. The Hall–Kier alpha value is -2.60. The molecule has 0 saturated carbocycles. The maximum absolute atomic E-state index is 9.50. The summed E-state index contributed by atoms with van der Waals surface area (Å²) in [6.45, 7) is 5.70. The average molecular weight is 278 g/mol. The molecule has 0 N–H and O–H groups in total. The number of hydrogen-bond acceptors (Lipinski definition) is 5. The molecule has 1 fully saturated rings. The second-order valence-corrected chi connectivity index (χ2v) is 5.71. The van der Waals surface area contributed by atoms with E-state index in [4.69, 9.17) is 4.74 Å². The van der Waals surface area contributed by atoms with E-state index in [0.29, 0.717) is 0 Å². The van der Waals surface area contributed by atoms with Crippen molar-refractivity contribution in [1.29, 1.82) is 21.0 Å². The summed E-state index contributed by atoms with van der Waals surface area (Å²) < 4.78 is 5.51. The lowest BCUT2D eigenvalue weighted by molar-refractivity contribution is 0.00852. The zero-order chi connectivity index (χ0) is 15.8. The van der Waals surface area contributed by atoms with Crippen LogP contribution in [0.3, 0.4) is 0 Å². The third-order valence-corrected chi connectivity index (χ3v) is 4.25. The number of ether oxygens (including phenoxy) is 1. The number of fused-ring (bicyclic) bond motifs is 1. The Bertz CT molecular complexity index is 675. The van der Waals surface area contributed by atoms with E-state index in [2.05, 4.69) is 0 Å². The first-order valence-electron chi connectivity index (χ1n) is 6.64. The van der Waals surface area contributed by atoms with Crippen LogP contribution < -0.4 is 0 Å². The summed E-state index contributed by atoms with van der Waals surface area (Å²) >= 11 is 0. The van der Waals surface area contributed by atoms with Gasteiger partial charge >= 0.3 is 0 Å². The molecule has 0 amide bonds. The Balaban J connectivity index is 2.76. The monoisotopic (exact) mass is 278 g/mol. The second kappa shape index (κ2) is 4.75. The molecule has 0 spiro atoms. The van der Waals surface area contributed by atoms with Crippen molar-refractivity contribution in [2.45, 2.75) is 32.0 Å². The van der Waals surface area contributed by atoms with Crippen LogP contribution in [0.25, 0.3) is 0 Å². The van der Waals surface area contributed by atoms with E-state index in [-0.39, 0.29) is 5.92 Å². The minimum Gasteiger partial charge on any atom is -0.311 e. The third-order valence-electron chi connectivity index (χ3n) is 4.25. The van der Waals surface area contributed by atoms with Crippen molar-refractivity contribution in [3.63, 3.8) is 0 Å². The zero-order valence-electron chi connectivity index (χ0n) is 12.1. The lowest BCUT2D eigenvalue weighted by Crippen LogP contribution is -2.38. The lowest BCUT2D eigenvalue weighted by Gasteiger charge is -2.32. The van der Waals surface area contributed by atoms with Gasteiger partial charge in [0, 0.05) is 11.8 Å². The molecule has 1 aliphatic heterocycles. The molecule has 1 heterocycles. The molecule has 1 saturated heterocycles. The van der Waals surface area contributed by atoms with E-state index in [1.807, 2.05) is 50.3 Å². The normalized spacial score (nSPS) is 28.2. The number of hydrogen-bond donors (Lipinski definition) is 0. The summed E-state index contributed by atoms with van der Waals surface area (Å²) in [5, 5.41) is 37.9. The molecule has 0 aromatic heterocycles. The standard InChI is InChI=1S/C16H14N4O/c1-10(2)12-5-4-11(3)13-14(12)16(8-19,9-20)21-15(13,6-17)7-18/h4-5,10,13-14H,1-3H3. The molecule has 0 aromatic carbocycles. The van der Waals surface area contributed by atoms with Crippen LogP contribution in [0, 0.1) is 63.1 Å². The van der Waals surface area contributed by atoms with Crippen molar-refractivity contribution in [3.8, 4) is 24.3 Å². The maximum Gasteiger partial charge on any atom is 0.250 e. The van der Waals surface area contributed by atoms with Gasteiger partial charge in [-0.2, -0.15) is 21.0 Å². The van der Waals surface area contributed by atoms with Gasteiger partial charge in [0.1, 0.15) is 24.3 Å². The van der Waals surface area contributed by atoms with Crippen LogP contribution in [0.2, 0.25) is 0 Å². The zero-order valence-corrected chi connectivity index (χ0v) is 12.1. The quantitative estimate of drug-likeness (QED) is 0.732. The Labute approximate surface area is 124 Å². The lowest BCUT2D eigenvalue weighted by atomic mass is 9.65. The van der Waals surface area contributed by atoms with Crippen molar-refractivity contribution in [2.75, 3.05) is 0 Å². The highest BCUT2D eigenvalue weighted by molar-refractivity contribution is 5.48. The molecule has 0 aromatic rings. The van der Waals surface area contributed by atoms with Gasteiger partial charge in [-0.3, -0.25) is 0 Å². The first-order chi connectivity index (χ1) is 9.91. The van der Waals surface area contributed by atoms with E-state index in [0.717, 1.165) is 11.1 Å². The summed E-state index contributed by atoms with van der Waals surface area (Å²) in [5.74, 6) is -1.12. The first-order valence-corrected chi connectivity index (χ1v) is 6.64. The SMILES string of the molecule is CC1=CC=C(C(C)C)C2C1C(C#N)(C#N)OC2(C#N)C#N. The summed E-state index contributed by atoms with van der Waals surface area (Å²) in [6.07, 6.45) is 3.72. The van der Waals surface area contributed by atoms with Crippen molar-refractivity contribution in [2.24, 2.45) is 17.8 Å². The molecule has 5 heteroatoms. The fraction of sp³-hybridized carbons (Fsp3) is 0.500. The highest BCUT2D eigenvalue weighted by Gasteiger charge is 2.67. The van der Waals surface area contributed by atoms with Gasteiger partial charge in [-0.25, -0.2) is 0 Å². The highest BCUT2D eigenvalue weighted by atomic mass is 16.5. The van der Waals surface area contributed by atoms with E-state index >= 15 is 0 Å². The molecule has 2 unspecified atom stereocenters. The number of nitrogens with zero attached hydrogens (tertiary/aromatic N) is 4. The van der Waals surface area contributed by atoms with Crippen LogP contribution in [0.4, 0.5) is 0 Å². The van der Waals surface area contributed by atoms with Crippen LogP contribution in [0.5, 0.6) is 0 Å². The highest BCUT2D eigenvalue weighted by Crippen LogP contribution is 2.55. The van der Waals surface area contributed by atoms with Gasteiger partial charge in [-0.15, -0.1) is 0 Å². The summed E-state index contributed by atoms with van der Waals surface area (Å²) in [4.78, 5) is 0. The molecule has 2 atom stereocenters. The van der Waals surface area contributed by atoms with Gasteiger partial charge < -0.3 is 4.74 Å². The molecule has 104 valence electrons. The molecular formula is C16H14N4O. The molecule has 2 rings (SSSR count). The van der Waals surface area contributed by atoms with Gasteiger partial charge in [-0.05, 0) is 12.8 Å². The summed E-state index contributed by atoms with van der Waals surface area (Å²) in [7, 11) is 0. The topological polar surface area (TPSA) is 104 Å². The van der Waals surface area contributed by atoms with Crippen molar-refractivity contribution < 1.29 is 4.74 Å². The predicted molar refractivity (Wildman–Crippen MR) is 72.7 cm³/mol. The van der Waals surface area contributed by atoms with Crippen molar-refractivity contribution >= 4 is 0 Å².